The molecule has 0 atom stereocenters. The fourth-order valence-corrected chi connectivity index (χ4v) is 8.26. The van der Waals surface area contributed by atoms with Crippen LogP contribution in [0.5, 0.6) is 0 Å². The van der Waals surface area contributed by atoms with Crippen LogP contribution in [-0.2, 0) is 0 Å². The van der Waals surface area contributed by atoms with Crippen LogP contribution in [0.25, 0.3) is 99.2 Å². The lowest BCUT2D eigenvalue weighted by Crippen LogP contribution is -1.94. The quantitative estimate of drug-likeness (QED) is 0.186. The first kappa shape index (κ1) is 29.4. The summed E-state index contributed by atoms with van der Waals surface area (Å²) in [5.74, 6) is 0. The van der Waals surface area contributed by atoms with Crippen LogP contribution >= 0.6 is 0 Å². The van der Waals surface area contributed by atoms with Crippen LogP contribution in [-0.4, -0.2) is 9.13 Å². The fraction of sp³-hybridized carbons (Fsp3) is 0. The second kappa shape index (κ2) is 11.3. The highest BCUT2D eigenvalue weighted by Gasteiger charge is 2.17. The maximum Gasteiger partial charge on any atom is 0.135 e. The zero-order valence-corrected chi connectivity index (χ0v) is 28.5. The lowest BCUT2D eigenvalue weighted by Gasteiger charge is -2.10. The molecule has 0 saturated carbocycles. The molecule has 11 rings (SSSR count). The third-order valence-electron chi connectivity index (χ3n) is 10.8. The Kier molecular flexibility index (Phi) is 6.28. The molecule has 0 unspecified atom stereocenters. The van der Waals surface area contributed by atoms with Crippen LogP contribution < -0.4 is 0 Å². The van der Waals surface area contributed by atoms with Gasteiger partial charge in [0.25, 0.3) is 0 Å². The number of furan rings is 1. The molecule has 4 nitrogen and oxygen atoms in total. The van der Waals surface area contributed by atoms with Crippen molar-refractivity contribution in [1.82, 2.24) is 9.13 Å². The van der Waals surface area contributed by atoms with Crippen molar-refractivity contribution in [2.24, 2.45) is 0 Å². The minimum absolute atomic E-state index is 0.652. The molecule has 0 bridgehead atoms. The van der Waals surface area contributed by atoms with Gasteiger partial charge in [-0.1, -0.05) is 91.0 Å². The molecule has 0 amide bonds. The Morgan fingerprint density at radius 1 is 0.358 bits per heavy atom. The summed E-state index contributed by atoms with van der Waals surface area (Å²) in [5.41, 5.74) is 13.8. The van der Waals surface area contributed by atoms with Crippen molar-refractivity contribution < 1.29 is 4.42 Å². The zero-order valence-electron chi connectivity index (χ0n) is 28.5. The standard InChI is InChI=1S/C49H29N3O/c50-30-31-14-16-32(17-15-31)33-20-24-48-42(27-33)43-29-37(21-25-49(43)53-48)52-44-12-6-4-10-38(44)40-22-18-35(28-47(40)52)34-19-23-46-41(26-34)39-11-5-7-13-45(39)51(46)36-8-2-1-3-9-36/h1-29H. The molecule has 3 aromatic heterocycles. The molecule has 0 saturated heterocycles. The maximum atomic E-state index is 9.29. The molecule has 8 aromatic carbocycles. The topological polar surface area (TPSA) is 46.8 Å². The predicted molar refractivity (Wildman–Crippen MR) is 218 cm³/mol. The first-order chi connectivity index (χ1) is 26.2. The van der Waals surface area contributed by atoms with Crippen LogP contribution in [0.15, 0.2) is 180 Å². The average molecular weight is 676 g/mol. The molecule has 11 aromatic rings. The molecule has 0 aliphatic heterocycles. The first-order valence-corrected chi connectivity index (χ1v) is 17.8. The highest BCUT2D eigenvalue weighted by molar-refractivity contribution is 6.13. The van der Waals surface area contributed by atoms with Gasteiger partial charge in [-0.3, -0.25) is 0 Å². The predicted octanol–water partition coefficient (Wildman–Crippen LogP) is 13.0. The van der Waals surface area contributed by atoms with Gasteiger partial charge in [0.05, 0.1) is 33.7 Å². The second-order valence-corrected chi connectivity index (χ2v) is 13.7. The van der Waals surface area contributed by atoms with Crippen molar-refractivity contribution in [2.45, 2.75) is 0 Å². The van der Waals surface area contributed by atoms with Crippen molar-refractivity contribution in [3.8, 4) is 39.7 Å². The van der Waals surface area contributed by atoms with E-state index in [2.05, 4.69) is 161 Å². The van der Waals surface area contributed by atoms with E-state index in [1.54, 1.807) is 0 Å². The van der Waals surface area contributed by atoms with E-state index in [0.29, 0.717) is 5.56 Å². The summed E-state index contributed by atoms with van der Waals surface area (Å²) in [5, 5.41) is 16.3. The molecule has 0 aliphatic carbocycles. The molecule has 0 aliphatic rings. The summed E-state index contributed by atoms with van der Waals surface area (Å²) < 4.78 is 11.1. The van der Waals surface area contributed by atoms with Gasteiger partial charge >= 0.3 is 0 Å². The van der Waals surface area contributed by atoms with E-state index in [4.69, 9.17) is 4.42 Å². The average Bonchev–Trinajstić information content (AvgIpc) is 3.87. The van der Waals surface area contributed by atoms with Crippen molar-refractivity contribution in [3.05, 3.63) is 181 Å². The Morgan fingerprint density at radius 3 is 1.66 bits per heavy atom. The third-order valence-corrected chi connectivity index (χ3v) is 10.8. The SMILES string of the molecule is N#Cc1ccc(-c2ccc3oc4ccc(-n5c6ccccc6c6ccc(-c7ccc8c(c7)c7ccccc7n8-c7ccccc7)cc65)cc4c3c2)cc1. The fourth-order valence-electron chi connectivity index (χ4n) is 8.26. The number of rotatable bonds is 4. The van der Waals surface area contributed by atoms with Crippen LogP contribution in [0.4, 0.5) is 0 Å². The Hall–Kier alpha value is -7.35. The molecule has 0 radical (unpaired) electrons. The number of hydrogen-bond acceptors (Lipinski definition) is 2. The van der Waals surface area contributed by atoms with Gasteiger partial charge in [-0.25, -0.2) is 0 Å². The minimum atomic E-state index is 0.652. The molecular formula is C49H29N3O. The summed E-state index contributed by atoms with van der Waals surface area (Å²) in [7, 11) is 0. The van der Waals surface area contributed by atoms with E-state index in [1.807, 2.05) is 30.3 Å². The summed E-state index contributed by atoms with van der Waals surface area (Å²) in [6, 6.07) is 64.5. The Labute approximate surface area is 304 Å². The Balaban J connectivity index is 1.09. The van der Waals surface area contributed by atoms with E-state index < -0.39 is 0 Å². The molecule has 4 heteroatoms. The minimum Gasteiger partial charge on any atom is -0.456 e. The van der Waals surface area contributed by atoms with E-state index in [-0.39, 0.29) is 0 Å². The molecule has 0 spiro atoms. The highest BCUT2D eigenvalue weighted by atomic mass is 16.3. The van der Waals surface area contributed by atoms with Crippen LogP contribution in [0, 0.1) is 11.3 Å². The van der Waals surface area contributed by atoms with E-state index >= 15 is 0 Å². The van der Waals surface area contributed by atoms with Gasteiger partial charge in [-0.05, 0) is 107 Å². The van der Waals surface area contributed by atoms with Crippen molar-refractivity contribution >= 4 is 65.6 Å². The number of nitrogens with zero attached hydrogens (tertiary/aromatic N) is 3. The molecule has 0 fully saturated rings. The Bertz CT molecular complexity index is 3280. The zero-order chi connectivity index (χ0) is 35.0. The van der Waals surface area contributed by atoms with E-state index in [9.17, 15) is 5.26 Å². The molecule has 3 heterocycles. The maximum absolute atomic E-state index is 9.29. The van der Waals surface area contributed by atoms with E-state index in [0.717, 1.165) is 55.5 Å². The van der Waals surface area contributed by atoms with Crippen molar-refractivity contribution in [3.63, 3.8) is 0 Å². The smallest absolute Gasteiger partial charge is 0.135 e. The van der Waals surface area contributed by atoms with Crippen molar-refractivity contribution in [2.75, 3.05) is 0 Å². The lowest BCUT2D eigenvalue weighted by atomic mass is 10.0. The first-order valence-electron chi connectivity index (χ1n) is 17.8. The van der Waals surface area contributed by atoms with Crippen LogP contribution in [0.2, 0.25) is 0 Å². The van der Waals surface area contributed by atoms with Gasteiger partial charge in [-0.15, -0.1) is 0 Å². The monoisotopic (exact) mass is 675 g/mol. The number of hydrogen-bond donors (Lipinski definition) is 0. The molecule has 246 valence electrons. The third kappa shape index (κ3) is 4.48. The number of para-hydroxylation sites is 3. The van der Waals surface area contributed by atoms with Crippen molar-refractivity contribution in [1.29, 1.82) is 5.26 Å². The van der Waals surface area contributed by atoms with E-state index in [1.165, 1.54) is 43.7 Å². The Morgan fingerprint density at radius 2 is 0.887 bits per heavy atom. The molecule has 0 N–H and O–H groups in total. The van der Waals surface area contributed by atoms with Gasteiger partial charge < -0.3 is 13.6 Å². The summed E-state index contributed by atoms with van der Waals surface area (Å²) in [6.07, 6.45) is 0. The number of aromatic nitrogens is 2. The van der Waals surface area contributed by atoms with Gasteiger partial charge in [0.1, 0.15) is 11.2 Å². The molecular weight excluding hydrogens is 647 g/mol. The van der Waals surface area contributed by atoms with Crippen LogP contribution in [0.1, 0.15) is 5.56 Å². The number of fused-ring (bicyclic) bond motifs is 9. The molecule has 53 heavy (non-hydrogen) atoms. The van der Waals surface area contributed by atoms with Gasteiger partial charge in [0, 0.05) is 43.7 Å². The van der Waals surface area contributed by atoms with Gasteiger partial charge in [0.2, 0.25) is 0 Å². The summed E-state index contributed by atoms with van der Waals surface area (Å²) in [4.78, 5) is 0. The highest BCUT2D eigenvalue weighted by Crippen LogP contribution is 2.40. The van der Waals surface area contributed by atoms with Gasteiger partial charge in [-0.2, -0.15) is 5.26 Å². The largest absolute Gasteiger partial charge is 0.456 e. The number of nitriles is 1. The number of benzene rings is 8. The summed E-state index contributed by atoms with van der Waals surface area (Å²) >= 11 is 0. The van der Waals surface area contributed by atoms with Gasteiger partial charge in [0.15, 0.2) is 0 Å². The van der Waals surface area contributed by atoms with Crippen LogP contribution in [0.3, 0.4) is 0 Å². The second-order valence-electron chi connectivity index (χ2n) is 13.7. The normalized spacial score (nSPS) is 11.8. The lowest BCUT2D eigenvalue weighted by molar-refractivity contribution is 0.669. The summed E-state index contributed by atoms with van der Waals surface area (Å²) in [6.45, 7) is 0.